The first-order valence-corrected chi connectivity index (χ1v) is 7.31. The fraction of sp³-hybridized carbons (Fsp3) is 0.133. The number of hydrogen-bond acceptors (Lipinski definition) is 3. The zero-order chi connectivity index (χ0) is 15.2. The third kappa shape index (κ3) is 4.05. The largest absolute Gasteiger partial charge is 0.347 e. The first-order chi connectivity index (χ1) is 10.1. The smallest absolute Gasteiger partial charge is 0.253 e. The van der Waals surface area contributed by atoms with Crippen molar-refractivity contribution in [1.29, 1.82) is 0 Å². The van der Waals surface area contributed by atoms with E-state index >= 15 is 0 Å². The van der Waals surface area contributed by atoms with Crippen LogP contribution in [0.25, 0.3) is 0 Å². The maximum atomic E-state index is 13.3. The number of halogens is 2. The van der Waals surface area contributed by atoms with Crippen LogP contribution in [0.4, 0.5) is 4.39 Å². The van der Waals surface area contributed by atoms with Crippen molar-refractivity contribution in [2.75, 3.05) is 6.54 Å². The van der Waals surface area contributed by atoms with Gasteiger partial charge in [0.1, 0.15) is 5.82 Å². The van der Waals surface area contributed by atoms with Crippen molar-refractivity contribution in [1.82, 2.24) is 5.32 Å². The highest BCUT2D eigenvalue weighted by Gasteiger charge is 2.13. The van der Waals surface area contributed by atoms with Crippen molar-refractivity contribution in [2.45, 2.75) is 6.54 Å². The van der Waals surface area contributed by atoms with Gasteiger partial charge in [-0.15, -0.1) is 11.3 Å². The quantitative estimate of drug-likeness (QED) is 0.854. The summed E-state index contributed by atoms with van der Waals surface area (Å²) in [5.41, 5.74) is 5.42. The Morgan fingerprint density at radius 1 is 1.38 bits per heavy atom. The Morgan fingerprint density at radius 2 is 2.19 bits per heavy atom. The van der Waals surface area contributed by atoms with Crippen molar-refractivity contribution in [3.8, 4) is 11.8 Å². The van der Waals surface area contributed by atoms with E-state index in [1.54, 1.807) is 0 Å². The van der Waals surface area contributed by atoms with Gasteiger partial charge in [-0.3, -0.25) is 4.79 Å². The molecule has 1 amide bonds. The molecule has 2 aromatic rings. The van der Waals surface area contributed by atoms with Gasteiger partial charge in [0.2, 0.25) is 0 Å². The molecule has 0 aliphatic heterocycles. The second-order valence-electron chi connectivity index (χ2n) is 4.06. The lowest BCUT2D eigenvalue weighted by Crippen LogP contribution is -2.22. The van der Waals surface area contributed by atoms with Crippen molar-refractivity contribution < 1.29 is 9.18 Å². The molecule has 0 bridgehead atoms. The van der Waals surface area contributed by atoms with Crippen LogP contribution in [-0.4, -0.2) is 12.5 Å². The maximum absolute atomic E-state index is 13.3. The number of nitrogens with two attached hydrogens (primary N) is 1. The number of hydrogen-bond donors (Lipinski definition) is 2. The molecule has 0 radical (unpaired) electrons. The summed E-state index contributed by atoms with van der Waals surface area (Å²) in [7, 11) is 0. The fourth-order valence-corrected chi connectivity index (χ4v) is 2.65. The highest BCUT2D eigenvalue weighted by Crippen LogP contribution is 2.20. The minimum absolute atomic E-state index is 0.122. The molecule has 1 aromatic heterocycles. The van der Waals surface area contributed by atoms with Gasteiger partial charge < -0.3 is 11.1 Å². The first kappa shape index (κ1) is 15.5. The number of thiophene rings is 1. The zero-order valence-electron chi connectivity index (χ0n) is 11.0. The fourth-order valence-electron chi connectivity index (χ4n) is 1.62. The van der Waals surface area contributed by atoms with Gasteiger partial charge in [-0.25, -0.2) is 4.39 Å². The molecule has 0 saturated heterocycles. The van der Waals surface area contributed by atoms with E-state index in [4.69, 9.17) is 17.3 Å². The van der Waals surface area contributed by atoms with Gasteiger partial charge >= 0.3 is 0 Å². The van der Waals surface area contributed by atoms with Crippen LogP contribution in [0, 0.1) is 17.7 Å². The summed E-state index contributed by atoms with van der Waals surface area (Å²) in [6.45, 7) is 0.642. The topological polar surface area (TPSA) is 55.1 Å². The number of nitrogens with one attached hydrogen (secondary N) is 1. The number of carbonyl (C=O) groups excluding carboxylic acids is 1. The Labute approximate surface area is 130 Å². The Kier molecular flexibility index (Phi) is 5.34. The van der Waals surface area contributed by atoms with Crippen LogP contribution in [0.3, 0.4) is 0 Å². The summed E-state index contributed by atoms with van der Waals surface area (Å²) in [5.74, 6) is 4.66. The van der Waals surface area contributed by atoms with Crippen LogP contribution < -0.4 is 11.1 Å². The van der Waals surface area contributed by atoms with Crippen molar-refractivity contribution in [3.63, 3.8) is 0 Å². The van der Waals surface area contributed by atoms with Crippen LogP contribution in [-0.2, 0) is 6.54 Å². The van der Waals surface area contributed by atoms with E-state index in [9.17, 15) is 9.18 Å². The number of benzene rings is 1. The lowest BCUT2D eigenvalue weighted by molar-refractivity contribution is 0.0951. The molecular formula is C15H12ClFN2OS. The molecule has 1 heterocycles. The Bertz CT molecular complexity index is 718. The Morgan fingerprint density at radius 3 is 2.95 bits per heavy atom. The number of carbonyl (C=O) groups is 1. The van der Waals surface area contributed by atoms with Gasteiger partial charge in [0.25, 0.3) is 5.91 Å². The van der Waals surface area contributed by atoms with Crippen molar-refractivity contribution in [2.24, 2.45) is 5.73 Å². The average Bonchev–Trinajstić information content (AvgIpc) is 2.93. The highest BCUT2D eigenvalue weighted by molar-refractivity contribution is 7.12. The minimum Gasteiger partial charge on any atom is -0.347 e. The van der Waals surface area contributed by atoms with E-state index in [1.807, 2.05) is 12.1 Å². The molecule has 2 rings (SSSR count). The molecule has 0 saturated carbocycles. The summed E-state index contributed by atoms with van der Waals surface area (Å²) in [6.07, 6.45) is 0. The molecule has 21 heavy (non-hydrogen) atoms. The van der Waals surface area contributed by atoms with E-state index in [0.29, 0.717) is 13.1 Å². The SMILES string of the molecule is NCC#Cc1ccc(CNC(=O)c2cccc(F)c2Cl)s1. The molecule has 0 aliphatic rings. The number of rotatable bonds is 3. The Hall–Kier alpha value is -1.87. The third-order valence-corrected chi connectivity index (χ3v) is 3.98. The standard InChI is InChI=1S/C15H12ClFN2OS/c16-14-12(4-1-5-13(14)17)15(20)19-9-11-7-6-10(21-11)3-2-8-18/h1,4-7H,8-9,18H2,(H,19,20). The van der Waals surface area contributed by atoms with Gasteiger partial charge in [0.05, 0.1) is 28.6 Å². The lowest BCUT2D eigenvalue weighted by Gasteiger charge is -2.05. The normalized spacial score (nSPS) is 9.86. The van der Waals surface area contributed by atoms with Gasteiger partial charge in [-0.2, -0.15) is 0 Å². The molecule has 3 N–H and O–H groups in total. The molecule has 0 atom stereocenters. The monoisotopic (exact) mass is 322 g/mol. The molecule has 3 nitrogen and oxygen atoms in total. The van der Waals surface area contributed by atoms with Crippen LogP contribution in [0.1, 0.15) is 20.1 Å². The molecule has 0 aliphatic carbocycles. The summed E-state index contributed by atoms with van der Waals surface area (Å²) in [4.78, 5) is 13.8. The molecule has 0 spiro atoms. The lowest BCUT2D eigenvalue weighted by atomic mass is 10.2. The maximum Gasteiger partial charge on any atom is 0.253 e. The predicted molar refractivity (Wildman–Crippen MR) is 82.8 cm³/mol. The average molecular weight is 323 g/mol. The summed E-state index contributed by atoms with van der Waals surface area (Å²) < 4.78 is 13.3. The minimum atomic E-state index is -0.611. The first-order valence-electron chi connectivity index (χ1n) is 6.11. The second-order valence-corrected chi connectivity index (χ2v) is 5.60. The van der Waals surface area contributed by atoms with Gasteiger partial charge in [0, 0.05) is 4.88 Å². The molecule has 0 unspecified atom stereocenters. The van der Waals surface area contributed by atoms with Gasteiger partial charge in [-0.1, -0.05) is 29.5 Å². The zero-order valence-corrected chi connectivity index (χ0v) is 12.5. The summed E-state index contributed by atoms with van der Waals surface area (Å²) in [6, 6.07) is 7.87. The molecule has 1 aromatic carbocycles. The highest BCUT2D eigenvalue weighted by atomic mass is 35.5. The summed E-state index contributed by atoms with van der Waals surface area (Å²) >= 11 is 7.23. The third-order valence-electron chi connectivity index (χ3n) is 2.59. The van der Waals surface area contributed by atoms with Crippen molar-refractivity contribution >= 4 is 28.8 Å². The van der Waals surface area contributed by atoms with Crippen molar-refractivity contribution in [3.05, 3.63) is 56.5 Å². The van der Waals surface area contributed by atoms with E-state index in [0.717, 1.165) is 9.75 Å². The van der Waals surface area contributed by atoms with E-state index in [-0.39, 0.29) is 10.6 Å². The Balaban J connectivity index is 2.01. The van der Waals surface area contributed by atoms with Crippen LogP contribution in [0.15, 0.2) is 30.3 Å². The van der Waals surface area contributed by atoms with Crippen LogP contribution in [0.5, 0.6) is 0 Å². The van der Waals surface area contributed by atoms with Crippen LogP contribution >= 0.6 is 22.9 Å². The molecular weight excluding hydrogens is 311 g/mol. The number of amides is 1. The molecule has 6 heteroatoms. The van der Waals surface area contributed by atoms with Gasteiger partial charge in [0.15, 0.2) is 0 Å². The van der Waals surface area contributed by atoms with Gasteiger partial charge in [-0.05, 0) is 24.3 Å². The predicted octanol–water partition coefficient (Wildman–Crippen LogP) is 2.78. The van der Waals surface area contributed by atoms with E-state index < -0.39 is 11.7 Å². The summed E-state index contributed by atoms with van der Waals surface area (Å²) in [5, 5.41) is 2.53. The molecule has 108 valence electrons. The van der Waals surface area contributed by atoms with E-state index in [2.05, 4.69) is 17.2 Å². The second kappa shape index (κ2) is 7.23. The molecule has 0 fully saturated rings. The van der Waals surface area contributed by atoms with Crippen LogP contribution in [0.2, 0.25) is 5.02 Å². The van der Waals surface area contributed by atoms with E-state index in [1.165, 1.54) is 29.5 Å².